The Morgan fingerprint density at radius 3 is 1.58 bits per heavy atom. The van der Waals surface area contributed by atoms with Crippen LogP contribution in [0.5, 0.6) is 0 Å². The molecule has 0 amide bonds. The number of hydrogen-bond acceptors (Lipinski definition) is 10. The van der Waals surface area contributed by atoms with Crippen LogP contribution in [-0.2, 0) is 15.6 Å². The molecule has 0 spiro atoms. The minimum Gasteiger partial charge on any atom is -0.378 e. The van der Waals surface area contributed by atoms with Crippen LogP contribution in [-0.4, -0.2) is 69.3 Å². The highest BCUT2D eigenvalue weighted by Gasteiger charge is 2.41. The molecule has 3 aliphatic rings. The molecule has 6 aromatic heterocycles. The average molecular weight is 933 g/mol. The van der Waals surface area contributed by atoms with Gasteiger partial charge in [0.25, 0.3) is 0 Å². The van der Waals surface area contributed by atoms with E-state index in [0.717, 1.165) is 128 Å². The predicted octanol–water partition coefficient (Wildman–Crippen LogP) is 11.7. The summed E-state index contributed by atoms with van der Waals surface area (Å²) in [5.41, 5.74) is 13.5. The number of morpholine rings is 1. The van der Waals surface area contributed by atoms with Crippen LogP contribution >= 0.6 is 15.9 Å². The number of halogens is 3. The summed E-state index contributed by atoms with van der Waals surface area (Å²) in [5, 5.41) is 1.83. The molecule has 0 N–H and O–H groups in total. The lowest BCUT2D eigenvalue weighted by Gasteiger charge is -2.30. The molecule has 0 atom stereocenters. The summed E-state index contributed by atoms with van der Waals surface area (Å²) < 4.78 is 34.9. The summed E-state index contributed by atoms with van der Waals surface area (Å²) in [6.45, 7) is 17.7. The number of rotatable bonds is 5. The molecule has 9 heterocycles. The molecule has 2 aromatic carbocycles. The first-order valence-electron chi connectivity index (χ1n) is 21.8. The lowest BCUT2D eigenvalue weighted by Crippen LogP contribution is -2.36. The van der Waals surface area contributed by atoms with Gasteiger partial charge in [0.1, 0.15) is 11.6 Å². The second-order valence-electron chi connectivity index (χ2n) is 18.2. The Hall–Kier alpha value is -6.44. The number of anilines is 5. The van der Waals surface area contributed by atoms with E-state index in [4.69, 9.17) is 24.7 Å². The Morgan fingerprint density at radius 2 is 1.09 bits per heavy atom. The zero-order valence-corrected chi connectivity index (χ0v) is 38.8. The highest BCUT2D eigenvalue weighted by atomic mass is 79.9. The minimum absolute atomic E-state index is 0.122. The van der Waals surface area contributed by atoms with E-state index in [1.54, 1.807) is 12.4 Å². The van der Waals surface area contributed by atoms with Gasteiger partial charge in [-0.3, -0.25) is 19.9 Å². The van der Waals surface area contributed by atoms with Gasteiger partial charge in [-0.2, -0.15) is 0 Å². The fourth-order valence-electron chi connectivity index (χ4n) is 9.66. The Morgan fingerprint density at radius 1 is 0.600 bits per heavy atom. The van der Waals surface area contributed by atoms with Crippen LogP contribution in [0.3, 0.4) is 0 Å². The van der Waals surface area contributed by atoms with Crippen LogP contribution in [0, 0.1) is 25.5 Å². The monoisotopic (exact) mass is 931 g/mol. The van der Waals surface area contributed by atoms with E-state index in [1.807, 2.05) is 60.9 Å². The van der Waals surface area contributed by atoms with Gasteiger partial charge in [0.2, 0.25) is 0 Å². The number of aromatic nitrogens is 6. The van der Waals surface area contributed by atoms with Crippen LogP contribution in [0.2, 0.25) is 0 Å². The average Bonchev–Trinajstić information content (AvgIpc) is 3.73. The van der Waals surface area contributed by atoms with Crippen molar-refractivity contribution >= 4 is 66.2 Å². The number of hydrogen-bond donors (Lipinski definition) is 0. The van der Waals surface area contributed by atoms with Gasteiger partial charge in [-0.05, 0) is 90.4 Å². The highest BCUT2D eigenvalue weighted by molar-refractivity contribution is 9.10. The molecule has 11 rings (SSSR count). The van der Waals surface area contributed by atoms with Crippen LogP contribution in [0.25, 0.3) is 44.6 Å². The third kappa shape index (κ3) is 7.74. The van der Waals surface area contributed by atoms with Crippen molar-refractivity contribution in [3.63, 3.8) is 0 Å². The zero-order valence-electron chi connectivity index (χ0n) is 37.2. The maximum absolute atomic E-state index is 14.3. The second-order valence-corrected chi connectivity index (χ2v) is 19.2. The number of fused-ring (bicyclic) bond motifs is 4. The third-order valence-electron chi connectivity index (χ3n) is 12.7. The topological polar surface area (TPSA) is 96.3 Å². The second kappa shape index (κ2) is 16.5. The van der Waals surface area contributed by atoms with Gasteiger partial charge < -0.3 is 19.4 Å². The van der Waals surface area contributed by atoms with Crippen molar-refractivity contribution in [2.75, 3.05) is 54.1 Å². The van der Waals surface area contributed by atoms with Crippen LogP contribution in [0.4, 0.5) is 37.2 Å². The Kier molecular flexibility index (Phi) is 10.8. The van der Waals surface area contributed by atoms with Gasteiger partial charge >= 0.3 is 0 Å². The molecular formula is C52H48BrF2N9O. The summed E-state index contributed by atoms with van der Waals surface area (Å²) in [5.74, 6) is -0.603. The summed E-state index contributed by atoms with van der Waals surface area (Å²) in [6, 6.07) is 25.6. The first kappa shape index (κ1) is 42.5. The molecule has 1 fully saturated rings. The van der Waals surface area contributed by atoms with Gasteiger partial charge in [-0.15, -0.1) is 0 Å². The maximum atomic E-state index is 14.3. The molecule has 10 nitrogen and oxygen atoms in total. The number of pyridine rings is 6. The molecule has 0 radical (unpaired) electrons. The quantitative estimate of drug-likeness (QED) is 0.166. The summed E-state index contributed by atoms with van der Waals surface area (Å²) in [6.07, 6.45) is 7.35. The predicted molar refractivity (Wildman–Crippen MR) is 259 cm³/mol. The van der Waals surface area contributed by atoms with Crippen molar-refractivity contribution < 1.29 is 13.5 Å². The van der Waals surface area contributed by atoms with E-state index >= 15 is 0 Å². The molecule has 8 aromatic rings. The number of benzene rings is 2. The zero-order chi connectivity index (χ0) is 45.2. The molecule has 65 heavy (non-hydrogen) atoms. The van der Waals surface area contributed by atoms with Gasteiger partial charge in [0, 0.05) is 94.1 Å². The lowest BCUT2D eigenvalue weighted by atomic mass is 9.91. The minimum atomic E-state index is -0.302. The number of nitrogens with zero attached hydrogens (tertiary/aromatic N) is 9. The van der Waals surface area contributed by atoms with Crippen LogP contribution < -0.4 is 14.7 Å². The maximum Gasteiger partial charge on any atom is 0.125 e. The Balaban J connectivity index is 0.000000155. The van der Waals surface area contributed by atoms with Crippen molar-refractivity contribution in [2.45, 2.75) is 52.4 Å². The molecule has 328 valence electrons. The van der Waals surface area contributed by atoms with Gasteiger partial charge in [-0.1, -0.05) is 39.8 Å². The smallest absolute Gasteiger partial charge is 0.125 e. The SMILES string of the molecule is Cc1c(-c2ccccn2)nc2cc(F)ccc2c1N1CC(C)(C)c2ncc(Br)cc21.Cc1c(-c2ccccn2)nc2cc(F)ccc2c1N1CC(C)(C)c2ncc(N3CCOCC3)cc21. The van der Waals surface area contributed by atoms with Crippen LogP contribution in [0.1, 0.15) is 50.2 Å². The van der Waals surface area contributed by atoms with Gasteiger partial charge in [-0.25, -0.2) is 18.7 Å². The molecule has 0 aliphatic carbocycles. The fraction of sp³-hybridized carbons (Fsp3) is 0.269. The van der Waals surface area contributed by atoms with Crippen molar-refractivity contribution in [3.8, 4) is 22.8 Å². The molecule has 1 saturated heterocycles. The fourth-order valence-corrected chi connectivity index (χ4v) is 9.98. The largest absolute Gasteiger partial charge is 0.378 e. The van der Waals surface area contributed by atoms with E-state index in [2.05, 4.69) is 94.3 Å². The normalized spacial score (nSPS) is 16.1. The summed E-state index contributed by atoms with van der Waals surface area (Å²) in [7, 11) is 0. The van der Waals surface area contributed by atoms with Crippen molar-refractivity contribution in [1.29, 1.82) is 0 Å². The first-order valence-corrected chi connectivity index (χ1v) is 22.6. The van der Waals surface area contributed by atoms with E-state index in [1.165, 1.54) is 24.3 Å². The third-order valence-corrected chi connectivity index (χ3v) is 13.1. The first-order chi connectivity index (χ1) is 31.3. The standard InChI is InChI=1S/C28H28FN5O.C24H20BrFN4/c1-18-25(22-6-4-5-9-30-22)32-23-14-19(29)7-8-21(23)26(18)34-17-28(2,3)27-24(34)15-20(16-31-27)33-10-12-35-13-11-33;1-14-21(18-6-4-5-9-27-18)29-19-11-16(26)7-8-17(19)22(14)30-13-24(2,3)23-20(30)10-15(25)12-28-23/h4-9,14-16H,10-13,17H2,1-3H3;4-12H,13H2,1-3H3. The highest BCUT2D eigenvalue weighted by Crippen LogP contribution is 2.50. The van der Waals surface area contributed by atoms with Crippen molar-refractivity contribution in [3.05, 3.63) is 148 Å². The molecule has 3 aliphatic heterocycles. The van der Waals surface area contributed by atoms with Crippen LogP contribution in [0.15, 0.2) is 114 Å². The lowest BCUT2D eigenvalue weighted by molar-refractivity contribution is 0.122. The summed E-state index contributed by atoms with van der Waals surface area (Å²) >= 11 is 3.57. The molecule has 0 bridgehead atoms. The van der Waals surface area contributed by atoms with Crippen molar-refractivity contribution in [2.24, 2.45) is 0 Å². The summed E-state index contributed by atoms with van der Waals surface area (Å²) in [4.78, 5) is 35.3. The number of ether oxygens (including phenoxy) is 1. The van der Waals surface area contributed by atoms with E-state index < -0.39 is 0 Å². The van der Waals surface area contributed by atoms with E-state index in [0.29, 0.717) is 11.0 Å². The van der Waals surface area contributed by atoms with Gasteiger partial charge in [0.15, 0.2) is 0 Å². The Bertz CT molecular complexity index is 3130. The molecule has 0 saturated carbocycles. The molecule has 0 unspecified atom stereocenters. The Labute approximate surface area is 385 Å². The van der Waals surface area contributed by atoms with Crippen molar-refractivity contribution in [1.82, 2.24) is 29.9 Å². The molecular weight excluding hydrogens is 885 g/mol. The van der Waals surface area contributed by atoms with E-state index in [-0.39, 0.29) is 22.5 Å². The van der Waals surface area contributed by atoms with Gasteiger partial charge in [0.05, 0.1) is 93.0 Å². The molecule has 13 heteroatoms. The van der Waals surface area contributed by atoms with E-state index in [9.17, 15) is 8.78 Å².